The fourth-order valence-electron chi connectivity index (χ4n) is 5.07. The van der Waals surface area contributed by atoms with E-state index < -0.39 is 0 Å². The van der Waals surface area contributed by atoms with Gasteiger partial charge < -0.3 is 5.43 Å². The van der Waals surface area contributed by atoms with Crippen molar-refractivity contribution in [3.05, 3.63) is 24.4 Å². The lowest BCUT2D eigenvalue weighted by atomic mass is 9.52. The molecule has 0 amide bonds. The molecule has 0 spiro atoms. The number of pyridine rings is 1. The monoisotopic (exact) mass is 293 g/mol. The first kappa shape index (κ1) is 14.2. The van der Waals surface area contributed by atoms with E-state index in [-0.39, 0.29) is 12.4 Å². The molecule has 4 fully saturated rings. The van der Waals surface area contributed by atoms with Crippen LogP contribution in [0.3, 0.4) is 0 Å². The molecule has 1 heterocycles. The molecule has 4 heteroatoms. The Morgan fingerprint density at radius 3 is 2.30 bits per heavy atom. The molecule has 1 aromatic heterocycles. The van der Waals surface area contributed by atoms with E-state index in [1.807, 2.05) is 24.4 Å². The van der Waals surface area contributed by atoms with Gasteiger partial charge in [-0.05, 0) is 73.8 Å². The number of hydrogen-bond acceptors (Lipinski definition) is 3. The van der Waals surface area contributed by atoms with E-state index in [0.717, 1.165) is 42.0 Å². The second-order valence-electron chi connectivity index (χ2n) is 6.82. The predicted molar refractivity (Wildman–Crippen MR) is 83.6 cm³/mol. The molecule has 110 valence electrons. The minimum absolute atomic E-state index is 0. The van der Waals surface area contributed by atoms with Crippen molar-refractivity contribution >= 4 is 18.2 Å². The van der Waals surface area contributed by atoms with Crippen LogP contribution in [0.2, 0.25) is 0 Å². The summed E-state index contributed by atoms with van der Waals surface area (Å²) in [6, 6.07) is 5.97. The van der Waals surface area contributed by atoms with Crippen LogP contribution in [0, 0.1) is 29.6 Å². The molecule has 20 heavy (non-hydrogen) atoms. The third kappa shape index (κ3) is 2.66. The Kier molecular flexibility index (Phi) is 4.18. The van der Waals surface area contributed by atoms with Gasteiger partial charge in [-0.3, -0.25) is 0 Å². The van der Waals surface area contributed by atoms with Gasteiger partial charge in [0.05, 0.1) is 0 Å². The number of nitrogens with zero attached hydrogens (tertiary/aromatic N) is 1. The van der Waals surface area contributed by atoms with E-state index in [1.54, 1.807) is 6.42 Å². The highest BCUT2D eigenvalue weighted by molar-refractivity contribution is 5.85. The second-order valence-corrected chi connectivity index (χ2v) is 6.82. The predicted octanol–water partition coefficient (Wildman–Crippen LogP) is 3.49. The molecule has 0 unspecified atom stereocenters. The van der Waals surface area contributed by atoms with Gasteiger partial charge in [-0.2, -0.15) is 0 Å². The van der Waals surface area contributed by atoms with E-state index in [1.165, 1.54) is 25.7 Å². The standard InChI is InChI=1S/C16H23N3.ClH/c1-2-4-17-16(3-1)19-18-10-15-13-6-11-5-12(8-13)9-14(15)7-11;/h1-4,11-15,18H,5-10H2,(H,17,19);1H. The number of aromatic nitrogens is 1. The lowest BCUT2D eigenvalue weighted by Crippen LogP contribution is -2.49. The maximum Gasteiger partial charge on any atom is 0.140 e. The topological polar surface area (TPSA) is 37.0 Å². The van der Waals surface area contributed by atoms with E-state index in [2.05, 4.69) is 15.8 Å². The van der Waals surface area contributed by atoms with Crippen molar-refractivity contribution in [2.45, 2.75) is 32.1 Å². The molecule has 0 atom stereocenters. The van der Waals surface area contributed by atoms with Crippen molar-refractivity contribution in [2.75, 3.05) is 12.0 Å². The second kappa shape index (κ2) is 5.90. The molecule has 0 aliphatic heterocycles. The Morgan fingerprint density at radius 2 is 1.70 bits per heavy atom. The third-order valence-electron chi connectivity index (χ3n) is 5.64. The summed E-state index contributed by atoms with van der Waals surface area (Å²) in [6.45, 7) is 1.10. The first-order valence-corrected chi connectivity index (χ1v) is 7.78. The molecule has 4 aliphatic carbocycles. The first-order valence-electron chi connectivity index (χ1n) is 7.78. The van der Waals surface area contributed by atoms with Crippen molar-refractivity contribution in [3.63, 3.8) is 0 Å². The van der Waals surface area contributed by atoms with Gasteiger partial charge in [0, 0.05) is 12.7 Å². The van der Waals surface area contributed by atoms with Crippen LogP contribution in [0.1, 0.15) is 32.1 Å². The van der Waals surface area contributed by atoms with Crippen molar-refractivity contribution in [1.29, 1.82) is 0 Å². The number of halogens is 1. The molecular weight excluding hydrogens is 270 g/mol. The van der Waals surface area contributed by atoms with Crippen LogP contribution in [0.4, 0.5) is 5.82 Å². The van der Waals surface area contributed by atoms with Gasteiger partial charge in [0.1, 0.15) is 5.82 Å². The fourth-order valence-corrected chi connectivity index (χ4v) is 5.07. The molecule has 1 aromatic rings. The largest absolute Gasteiger partial charge is 0.306 e. The average Bonchev–Trinajstić information content (AvgIpc) is 2.42. The minimum atomic E-state index is 0. The molecule has 0 aromatic carbocycles. The highest BCUT2D eigenvalue weighted by Gasteiger charge is 2.47. The summed E-state index contributed by atoms with van der Waals surface area (Å²) >= 11 is 0. The van der Waals surface area contributed by atoms with E-state index in [9.17, 15) is 0 Å². The Hall–Kier alpha value is -0.800. The Labute approximate surface area is 127 Å². The third-order valence-corrected chi connectivity index (χ3v) is 5.64. The fraction of sp³-hybridized carbons (Fsp3) is 0.688. The molecule has 0 radical (unpaired) electrons. The summed E-state index contributed by atoms with van der Waals surface area (Å²) in [5, 5.41) is 0. The number of hydrogen-bond donors (Lipinski definition) is 2. The molecular formula is C16H24ClN3. The molecule has 4 bridgehead atoms. The van der Waals surface area contributed by atoms with E-state index >= 15 is 0 Å². The summed E-state index contributed by atoms with van der Waals surface area (Å²) in [6.07, 6.45) is 9.38. The van der Waals surface area contributed by atoms with Crippen LogP contribution < -0.4 is 10.9 Å². The lowest BCUT2D eigenvalue weighted by molar-refractivity contribution is -0.0348. The van der Waals surface area contributed by atoms with Crippen LogP contribution in [0.25, 0.3) is 0 Å². The van der Waals surface area contributed by atoms with Gasteiger partial charge in [0.15, 0.2) is 0 Å². The van der Waals surface area contributed by atoms with Gasteiger partial charge in [0.2, 0.25) is 0 Å². The van der Waals surface area contributed by atoms with Gasteiger partial charge in [-0.1, -0.05) is 6.07 Å². The van der Waals surface area contributed by atoms with Gasteiger partial charge >= 0.3 is 0 Å². The van der Waals surface area contributed by atoms with Crippen molar-refractivity contribution < 1.29 is 0 Å². The van der Waals surface area contributed by atoms with Gasteiger partial charge in [-0.25, -0.2) is 10.4 Å². The van der Waals surface area contributed by atoms with Crippen LogP contribution in [-0.4, -0.2) is 11.5 Å². The van der Waals surface area contributed by atoms with Crippen LogP contribution in [-0.2, 0) is 0 Å². The zero-order chi connectivity index (χ0) is 12.7. The summed E-state index contributed by atoms with van der Waals surface area (Å²) in [5.74, 6) is 5.95. The minimum Gasteiger partial charge on any atom is -0.306 e. The first-order chi connectivity index (χ1) is 9.38. The van der Waals surface area contributed by atoms with Crippen molar-refractivity contribution in [3.8, 4) is 0 Å². The molecule has 2 N–H and O–H groups in total. The summed E-state index contributed by atoms with van der Waals surface area (Å²) in [5.41, 5.74) is 6.66. The quantitative estimate of drug-likeness (QED) is 0.835. The van der Waals surface area contributed by atoms with Crippen LogP contribution in [0.5, 0.6) is 0 Å². The zero-order valence-electron chi connectivity index (χ0n) is 11.8. The van der Waals surface area contributed by atoms with Crippen molar-refractivity contribution in [2.24, 2.45) is 29.6 Å². The smallest absolute Gasteiger partial charge is 0.140 e. The number of hydrazine groups is 1. The lowest BCUT2D eigenvalue weighted by Gasteiger charge is -2.54. The van der Waals surface area contributed by atoms with Crippen LogP contribution in [0.15, 0.2) is 24.4 Å². The summed E-state index contributed by atoms with van der Waals surface area (Å²) in [4.78, 5) is 4.28. The Balaban J connectivity index is 0.00000121. The molecule has 0 saturated heterocycles. The van der Waals surface area contributed by atoms with E-state index in [0.29, 0.717) is 0 Å². The summed E-state index contributed by atoms with van der Waals surface area (Å²) < 4.78 is 0. The highest BCUT2D eigenvalue weighted by atomic mass is 35.5. The van der Waals surface area contributed by atoms with Gasteiger partial charge in [-0.15, -0.1) is 12.4 Å². The Morgan fingerprint density at radius 1 is 1.00 bits per heavy atom. The number of rotatable bonds is 4. The molecule has 5 rings (SSSR count). The van der Waals surface area contributed by atoms with E-state index in [4.69, 9.17) is 0 Å². The highest BCUT2D eigenvalue weighted by Crippen LogP contribution is 2.56. The normalized spacial score (nSPS) is 37.5. The number of anilines is 1. The van der Waals surface area contributed by atoms with Crippen molar-refractivity contribution in [1.82, 2.24) is 10.4 Å². The van der Waals surface area contributed by atoms with Gasteiger partial charge in [0.25, 0.3) is 0 Å². The SMILES string of the molecule is Cl.c1ccc(NNCC2C3CC4CC(C3)CC2C4)nc1. The molecule has 4 saturated carbocycles. The maximum absolute atomic E-state index is 4.28. The maximum atomic E-state index is 4.28. The average molecular weight is 294 g/mol. The number of nitrogens with one attached hydrogen (secondary N) is 2. The Bertz CT molecular complexity index is 409. The zero-order valence-corrected chi connectivity index (χ0v) is 12.6. The molecule has 3 nitrogen and oxygen atoms in total. The van der Waals surface area contributed by atoms with Crippen LogP contribution >= 0.6 is 12.4 Å². The summed E-state index contributed by atoms with van der Waals surface area (Å²) in [7, 11) is 0. The molecule has 4 aliphatic rings.